The van der Waals surface area contributed by atoms with E-state index in [-0.39, 0.29) is 14.9 Å². The van der Waals surface area contributed by atoms with Crippen molar-refractivity contribution in [3.63, 3.8) is 0 Å². The summed E-state index contributed by atoms with van der Waals surface area (Å²) < 4.78 is 39.9. The Labute approximate surface area is 149 Å². The van der Waals surface area contributed by atoms with Crippen molar-refractivity contribution in [2.24, 2.45) is 0 Å². The number of sulfonamides is 1. The molecule has 1 fully saturated rings. The van der Waals surface area contributed by atoms with Crippen molar-refractivity contribution in [1.82, 2.24) is 4.31 Å². The number of halogens is 1. The highest BCUT2D eigenvalue weighted by Gasteiger charge is 2.31. The first-order valence-electron chi connectivity index (χ1n) is 7.63. The first-order valence-corrected chi connectivity index (χ1v) is 9.89. The Morgan fingerprint density at radius 1 is 1.16 bits per heavy atom. The number of hydrogen-bond donors (Lipinski definition) is 1. The van der Waals surface area contributed by atoms with Crippen LogP contribution in [0.15, 0.2) is 34.5 Å². The lowest BCUT2D eigenvalue weighted by Crippen LogP contribution is -2.48. The number of aryl methyl sites for hydroxylation is 1. The van der Waals surface area contributed by atoms with E-state index in [2.05, 4.69) is 0 Å². The van der Waals surface area contributed by atoms with Gasteiger partial charge in [-0.3, -0.25) is 0 Å². The number of nitrogens with zero attached hydrogens (tertiary/aromatic N) is 2. The molecule has 1 aromatic carbocycles. The topological polar surface area (TPSA) is 77.9 Å². The van der Waals surface area contributed by atoms with Crippen molar-refractivity contribution in [1.29, 1.82) is 0 Å². The van der Waals surface area contributed by atoms with Crippen LogP contribution in [0.25, 0.3) is 0 Å². The van der Waals surface area contributed by atoms with Crippen molar-refractivity contribution in [2.45, 2.75) is 11.1 Å². The van der Waals surface area contributed by atoms with Gasteiger partial charge in [-0.05, 0) is 42.8 Å². The van der Waals surface area contributed by atoms with Crippen molar-refractivity contribution in [3.8, 4) is 0 Å². The van der Waals surface area contributed by atoms with Crippen LogP contribution in [0.3, 0.4) is 0 Å². The molecule has 1 N–H and O–H groups in total. The van der Waals surface area contributed by atoms with Crippen LogP contribution in [0.2, 0.25) is 0 Å². The molecule has 1 aliphatic heterocycles. The van der Waals surface area contributed by atoms with Gasteiger partial charge in [-0.1, -0.05) is 0 Å². The van der Waals surface area contributed by atoms with Gasteiger partial charge in [0.05, 0.1) is 0 Å². The van der Waals surface area contributed by atoms with Gasteiger partial charge in [-0.15, -0.1) is 11.3 Å². The van der Waals surface area contributed by atoms with Crippen LogP contribution in [0.5, 0.6) is 0 Å². The maximum atomic E-state index is 13.0. The number of piperazine rings is 1. The predicted octanol–water partition coefficient (Wildman–Crippen LogP) is 2.40. The summed E-state index contributed by atoms with van der Waals surface area (Å²) in [5, 5.41) is 9.10. The number of carboxylic acid groups (broad SMARTS) is 1. The van der Waals surface area contributed by atoms with Gasteiger partial charge in [-0.25, -0.2) is 17.6 Å². The summed E-state index contributed by atoms with van der Waals surface area (Å²) in [5.41, 5.74) is 1.29. The van der Waals surface area contributed by atoms with Crippen molar-refractivity contribution in [3.05, 3.63) is 46.6 Å². The molecule has 0 amide bonds. The lowest BCUT2D eigenvalue weighted by Gasteiger charge is -2.35. The van der Waals surface area contributed by atoms with Crippen LogP contribution in [0, 0.1) is 12.7 Å². The van der Waals surface area contributed by atoms with Crippen molar-refractivity contribution in [2.75, 3.05) is 31.1 Å². The van der Waals surface area contributed by atoms with E-state index in [4.69, 9.17) is 5.11 Å². The molecule has 0 saturated carbocycles. The van der Waals surface area contributed by atoms with Gasteiger partial charge in [0.1, 0.15) is 14.9 Å². The SMILES string of the molecule is Cc1cc(S(=O)(=O)N2CCN(c3ccc(F)cc3)CC2)sc1C(=O)O. The molecule has 134 valence electrons. The molecule has 0 bridgehead atoms. The Morgan fingerprint density at radius 3 is 2.28 bits per heavy atom. The van der Waals surface area contributed by atoms with E-state index in [0.29, 0.717) is 31.7 Å². The van der Waals surface area contributed by atoms with Crippen LogP contribution in [-0.4, -0.2) is 50.0 Å². The number of benzene rings is 1. The molecule has 0 radical (unpaired) electrons. The quantitative estimate of drug-likeness (QED) is 0.876. The molecule has 1 aromatic heterocycles. The summed E-state index contributed by atoms with van der Waals surface area (Å²) in [4.78, 5) is 13.2. The van der Waals surface area contributed by atoms with E-state index in [9.17, 15) is 17.6 Å². The normalized spacial score (nSPS) is 16.2. The fourth-order valence-corrected chi connectivity index (χ4v) is 5.71. The van der Waals surface area contributed by atoms with Crippen LogP contribution < -0.4 is 4.90 Å². The highest BCUT2D eigenvalue weighted by Crippen LogP contribution is 2.29. The van der Waals surface area contributed by atoms with Gasteiger partial charge >= 0.3 is 5.97 Å². The van der Waals surface area contributed by atoms with Crippen LogP contribution in [0.1, 0.15) is 15.2 Å². The zero-order chi connectivity index (χ0) is 18.2. The number of anilines is 1. The minimum atomic E-state index is -3.71. The molecule has 1 saturated heterocycles. The molecule has 0 unspecified atom stereocenters. The monoisotopic (exact) mass is 384 g/mol. The minimum Gasteiger partial charge on any atom is -0.477 e. The standard InChI is InChI=1S/C16H17FN2O4S2/c1-11-10-14(24-15(11)16(20)21)25(22,23)19-8-6-18(7-9-19)13-4-2-12(17)3-5-13/h2-5,10H,6-9H2,1H3,(H,20,21). The van der Waals surface area contributed by atoms with E-state index in [1.165, 1.54) is 22.5 Å². The van der Waals surface area contributed by atoms with Crippen LogP contribution >= 0.6 is 11.3 Å². The lowest BCUT2D eigenvalue weighted by atomic mass is 10.2. The first-order chi connectivity index (χ1) is 11.8. The number of rotatable bonds is 4. The third-order valence-electron chi connectivity index (χ3n) is 4.11. The summed E-state index contributed by atoms with van der Waals surface area (Å²) in [6, 6.07) is 7.50. The van der Waals surface area contributed by atoms with E-state index in [1.54, 1.807) is 19.1 Å². The molecule has 6 nitrogen and oxygen atoms in total. The van der Waals surface area contributed by atoms with Crippen LogP contribution in [-0.2, 0) is 10.0 Å². The Kier molecular flexibility index (Phi) is 4.81. The highest BCUT2D eigenvalue weighted by atomic mass is 32.2. The van der Waals surface area contributed by atoms with E-state index in [1.807, 2.05) is 4.90 Å². The molecular formula is C16H17FN2O4S2. The fourth-order valence-electron chi connectivity index (χ4n) is 2.76. The smallest absolute Gasteiger partial charge is 0.346 e. The maximum absolute atomic E-state index is 13.0. The molecule has 0 spiro atoms. The molecule has 3 rings (SSSR count). The molecule has 9 heteroatoms. The zero-order valence-electron chi connectivity index (χ0n) is 13.5. The molecule has 2 heterocycles. The largest absolute Gasteiger partial charge is 0.477 e. The minimum absolute atomic E-state index is 0.0449. The third kappa shape index (κ3) is 3.53. The summed E-state index contributed by atoms with van der Waals surface area (Å²) in [5.74, 6) is -1.43. The average molecular weight is 384 g/mol. The van der Waals surface area contributed by atoms with Gasteiger partial charge in [0.2, 0.25) is 0 Å². The fraction of sp³-hybridized carbons (Fsp3) is 0.312. The second kappa shape index (κ2) is 6.74. The number of carboxylic acids is 1. The number of aromatic carboxylic acids is 1. The van der Waals surface area contributed by atoms with Gasteiger partial charge in [0, 0.05) is 31.9 Å². The third-order valence-corrected chi connectivity index (χ3v) is 7.69. The molecule has 1 aliphatic rings. The summed E-state index contributed by atoms with van der Waals surface area (Å²) >= 11 is 0.783. The van der Waals surface area contributed by atoms with Crippen LogP contribution in [0.4, 0.5) is 10.1 Å². The number of thiophene rings is 1. The van der Waals surface area contributed by atoms with Gasteiger partial charge < -0.3 is 10.0 Å². The number of carbonyl (C=O) groups is 1. The Bertz CT molecular complexity index is 885. The van der Waals surface area contributed by atoms with E-state index < -0.39 is 16.0 Å². The summed E-state index contributed by atoms with van der Waals surface area (Å²) in [6.45, 7) is 3.14. The van der Waals surface area contributed by atoms with Gasteiger partial charge in [0.15, 0.2) is 0 Å². The van der Waals surface area contributed by atoms with Crippen molar-refractivity contribution >= 4 is 33.0 Å². The van der Waals surface area contributed by atoms with Crippen molar-refractivity contribution < 1.29 is 22.7 Å². The summed E-state index contributed by atoms with van der Waals surface area (Å²) in [7, 11) is -3.71. The average Bonchev–Trinajstić information content (AvgIpc) is 2.99. The van der Waals surface area contributed by atoms with E-state index >= 15 is 0 Å². The Hall–Kier alpha value is -1.97. The molecule has 0 aliphatic carbocycles. The lowest BCUT2D eigenvalue weighted by molar-refractivity contribution is 0.0701. The Morgan fingerprint density at radius 2 is 1.76 bits per heavy atom. The first kappa shape index (κ1) is 17.8. The Balaban J connectivity index is 1.74. The highest BCUT2D eigenvalue weighted by molar-refractivity contribution is 7.91. The van der Waals surface area contributed by atoms with Gasteiger partial charge in [-0.2, -0.15) is 4.31 Å². The second-order valence-electron chi connectivity index (χ2n) is 5.75. The predicted molar refractivity (Wildman–Crippen MR) is 93.4 cm³/mol. The zero-order valence-corrected chi connectivity index (χ0v) is 15.1. The maximum Gasteiger partial charge on any atom is 0.346 e. The number of hydrogen-bond acceptors (Lipinski definition) is 5. The molecule has 25 heavy (non-hydrogen) atoms. The molecule has 2 aromatic rings. The second-order valence-corrected chi connectivity index (χ2v) is 8.97. The summed E-state index contributed by atoms with van der Waals surface area (Å²) in [6.07, 6.45) is 0. The molecule has 0 atom stereocenters. The molecular weight excluding hydrogens is 367 g/mol. The van der Waals surface area contributed by atoms with Gasteiger partial charge in [0.25, 0.3) is 10.0 Å². The van der Waals surface area contributed by atoms with E-state index in [0.717, 1.165) is 17.0 Å².